The van der Waals surface area contributed by atoms with Crippen LogP contribution in [0.25, 0.3) is 0 Å². The van der Waals surface area contributed by atoms with E-state index in [1.54, 1.807) is 38.2 Å². The van der Waals surface area contributed by atoms with Crippen molar-refractivity contribution in [1.82, 2.24) is 19.7 Å². The van der Waals surface area contributed by atoms with Crippen molar-refractivity contribution in [3.63, 3.8) is 0 Å². The number of benzene rings is 1. The van der Waals surface area contributed by atoms with Gasteiger partial charge in [-0.1, -0.05) is 32.0 Å². The number of rotatable bonds is 6. The van der Waals surface area contributed by atoms with Crippen LogP contribution in [-0.2, 0) is 37.2 Å². The molecule has 0 bridgehead atoms. The van der Waals surface area contributed by atoms with Crippen molar-refractivity contribution in [3.8, 4) is 0 Å². The minimum absolute atomic E-state index is 0.0346. The number of nitrogens with one attached hydrogen (secondary N) is 3. The van der Waals surface area contributed by atoms with E-state index in [0.29, 0.717) is 13.0 Å². The van der Waals surface area contributed by atoms with Crippen molar-refractivity contribution in [2.45, 2.75) is 62.9 Å². The van der Waals surface area contributed by atoms with Gasteiger partial charge in [-0.25, -0.2) is 12.8 Å². The molecule has 0 radical (unpaired) electrons. The van der Waals surface area contributed by atoms with Crippen molar-refractivity contribution >= 4 is 39.2 Å². The topological polar surface area (TPSA) is 134 Å². The van der Waals surface area contributed by atoms with Gasteiger partial charge in [0, 0.05) is 17.6 Å². The summed E-state index contributed by atoms with van der Waals surface area (Å²) in [7, 11) is -3.96. The number of ketones is 1. The minimum atomic E-state index is -3.96. The molecule has 0 fully saturated rings. The second-order valence-corrected chi connectivity index (χ2v) is 11.2. The number of aryl methyl sites for hydroxylation is 2. The number of nitrogens with zero attached hydrogens (tertiary/aromatic N) is 1. The van der Waals surface area contributed by atoms with Gasteiger partial charge in [0.05, 0.1) is 10.9 Å². The summed E-state index contributed by atoms with van der Waals surface area (Å²) < 4.78 is 32.3. The standard InChI is InChI=1S/C23H30N4O5S2/c1-15(2)20(27-34(31,32)17-8-4-3-5-9-17)22(29)26-18-12-11-16-14-25-33-19(16)10-6-7-13-24-23(30)21(18)28/h3-5,8-9,14-15,18,20,27H,6-7,10-13H2,1-2H3,(H,24,30)(H,26,29). The first-order valence-corrected chi connectivity index (χ1v) is 13.6. The van der Waals surface area contributed by atoms with Crippen LogP contribution in [0.15, 0.2) is 41.4 Å². The van der Waals surface area contributed by atoms with Gasteiger partial charge in [0.2, 0.25) is 21.7 Å². The van der Waals surface area contributed by atoms with Crippen LogP contribution in [0.5, 0.6) is 0 Å². The highest BCUT2D eigenvalue weighted by Crippen LogP contribution is 2.20. The Kier molecular flexibility index (Phi) is 8.92. The third-order valence-corrected chi connectivity index (χ3v) is 8.04. The Balaban J connectivity index is 1.79. The monoisotopic (exact) mass is 506 g/mol. The third kappa shape index (κ3) is 6.71. The molecule has 2 atom stereocenters. The fourth-order valence-corrected chi connectivity index (χ4v) is 5.89. The van der Waals surface area contributed by atoms with Gasteiger partial charge < -0.3 is 10.6 Å². The molecule has 2 aromatic rings. The molecule has 11 heteroatoms. The first-order valence-electron chi connectivity index (χ1n) is 11.3. The van der Waals surface area contributed by atoms with E-state index in [1.165, 1.54) is 23.7 Å². The van der Waals surface area contributed by atoms with Gasteiger partial charge in [-0.05, 0) is 67.3 Å². The first kappa shape index (κ1) is 26.0. The lowest BCUT2D eigenvalue weighted by atomic mass is 9.99. The highest BCUT2D eigenvalue weighted by molar-refractivity contribution is 7.89. The summed E-state index contributed by atoms with van der Waals surface area (Å²) >= 11 is 1.42. The van der Waals surface area contributed by atoms with E-state index in [2.05, 4.69) is 19.7 Å². The zero-order valence-electron chi connectivity index (χ0n) is 19.2. The lowest BCUT2D eigenvalue weighted by Gasteiger charge is -2.25. The van der Waals surface area contributed by atoms with Crippen molar-refractivity contribution in [2.75, 3.05) is 6.54 Å². The molecular formula is C23H30N4O5S2. The number of hydrogen-bond donors (Lipinski definition) is 3. The van der Waals surface area contributed by atoms with Crippen LogP contribution in [0, 0.1) is 5.92 Å². The SMILES string of the molecule is CC(C)C(NS(=O)(=O)c1ccccc1)C(=O)NC1CCc2cnsc2CCCCNC(=O)C1=O. The summed E-state index contributed by atoms with van der Waals surface area (Å²) in [5.41, 5.74) is 1.00. The van der Waals surface area contributed by atoms with Gasteiger partial charge in [-0.3, -0.25) is 14.4 Å². The molecule has 184 valence electrons. The molecule has 3 rings (SSSR count). The molecule has 0 spiro atoms. The van der Waals surface area contributed by atoms with Crippen LogP contribution in [-0.4, -0.2) is 49.0 Å². The molecule has 2 heterocycles. The summed E-state index contributed by atoms with van der Waals surface area (Å²) in [4.78, 5) is 39.6. The predicted octanol–water partition coefficient (Wildman–Crippen LogP) is 1.59. The van der Waals surface area contributed by atoms with E-state index in [1.807, 2.05) is 0 Å². The second kappa shape index (κ2) is 11.7. The van der Waals surface area contributed by atoms with Crippen LogP contribution >= 0.6 is 11.5 Å². The van der Waals surface area contributed by atoms with Gasteiger partial charge in [0.15, 0.2) is 0 Å². The highest BCUT2D eigenvalue weighted by Gasteiger charge is 2.33. The number of fused-ring (bicyclic) bond motifs is 1. The van der Waals surface area contributed by atoms with Crippen LogP contribution in [0.1, 0.15) is 43.6 Å². The number of hydrogen-bond acceptors (Lipinski definition) is 7. The van der Waals surface area contributed by atoms with Crippen molar-refractivity contribution in [3.05, 3.63) is 47.0 Å². The van der Waals surface area contributed by atoms with Gasteiger partial charge in [0.1, 0.15) is 6.04 Å². The Hall–Kier alpha value is -2.63. The molecule has 2 amide bonds. The Morgan fingerprint density at radius 1 is 1.15 bits per heavy atom. The fraction of sp³-hybridized carbons (Fsp3) is 0.478. The number of Topliss-reactive ketones (excluding diaryl/α,β-unsaturated/α-hetero) is 1. The van der Waals surface area contributed by atoms with Crippen molar-refractivity contribution in [1.29, 1.82) is 0 Å². The van der Waals surface area contributed by atoms with E-state index in [4.69, 9.17) is 0 Å². The highest BCUT2D eigenvalue weighted by atomic mass is 32.2. The van der Waals surface area contributed by atoms with Gasteiger partial charge in [-0.2, -0.15) is 4.72 Å². The maximum atomic E-state index is 13.2. The Bertz CT molecular complexity index is 1120. The number of carbonyl (C=O) groups is 3. The Morgan fingerprint density at radius 2 is 1.88 bits per heavy atom. The van der Waals surface area contributed by atoms with Gasteiger partial charge >= 0.3 is 0 Å². The van der Waals surface area contributed by atoms with E-state index >= 15 is 0 Å². The summed E-state index contributed by atoms with van der Waals surface area (Å²) in [5, 5.41) is 5.26. The average molecular weight is 507 g/mol. The second-order valence-electron chi connectivity index (χ2n) is 8.61. The Morgan fingerprint density at radius 3 is 2.59 bits per heavy atom. The molecule has 0 saturated carbocycles. The molecule has 2 unspecified atom stereocenters. The van der Waals surface area contributed by atoms with Crippen molar-refractivity contribution in [2.24, 2.45) is 5.92 Å². The van der Waals surface area contributed by atoms with Crippen LogP contribution < -0.4 is 15.4 Å². The third-order valence-electron chi connectivity index (χ3n) is 5.69. The molecule has 1 aromatic carbocycles. The molecule has 0 saturated heterocycles. The quantitative estimate of drug-likeness (QED) is 0.510. The normalized spacial score (nSPS) is 18.9. The van der Waals surface area contributed by atoms with Crippen LogP contribution in [0.2, 0.25) is 0 Å². The molecule has 34 heavy (non-hydrogen) atoms. The van der Waals surface area contributed by atoms with Gasteiger partial charge in [0.25, 0.3) is 5.91 Å². The molecular weight excluding hydrogens is 476 g/mol. The maximum absolute atomic E-state index is 13.2. The van der Waals surface area contributed by atoms with E-state index in [0.717, 1.165) is 29.7 Å². The lowest BCUT2D eigenvalue weighted by Crippen LogP contribution is -2.55. The number of carbonyl (C=O) groups excluding carboxylic acids is 3. The van der Waals surface area contributed by atoms with Crippen LogP contribution in [0.4, 0.5) is 0 Å². The average Bonchev–Trinajstić information content (AvgIpc) is 3.26. The molecule has 9 nitrogen and oxygen atoms in total. The van der Waals surface area contributed by atoms with Crippen molar-refractivity contribution < 1.29 is 22.8 Å². The Labute approximate surface area is 203 Å². The summed E-state index contributed by atoms with van der Waals surface area (Å²) in [6, 6.07) is 5.54. The summed E-state index contributed by atoms with van der Waals surface area (Å²) in [5.74, 6) is -2.55. The van der Waals surface area contributed by atoms with Gasteiger partial charge in [-0.15, -0.1) is 0 Å². The number of sulfonamides is 1. The zero-order valence-corrected chi connectivity index (χ0v) is 20.9. The molecule has 1 aromatic heterocycles. The van der Waals surface area contributed by atoms with Crippen LogP contribution in [0.3, 0.4) is 0 Å². The molecule has 3 N–H and O–H groups in total. The predicted molar refractivity (Wildman–Crippen MR) is 129 cm³/mol. The fourth-order valence-electron chi connectivity index (χ4n) is 3.71. The van der Waals surface area contributed by atoms with E-state index < -0.39 is 45.6 Å². The van der Waals surface area contributed by atoms with E-state index in [9.17, 15) is 22.8 Å². The lowest BCUT2D eigenvalue weighted by molar-refractivity contribution is -0.140. The summed E-state index contributed by atoms with van der Waals surface area (Å²) in [6.45, 7) is 3.78. The van der Waals surface area contributed by atoms with E-state index in [-0.39, 0.29) is 11.3 Å². The number of amides is 2. The first-order chi connectivity index (χ1) is 16.2. The smallest absolute Gasteiger partial charge is 0.289 e. The molecule has 1 aliphatic heterocycles. The molecule has 1 aliphatic rings. The minimum Gasteiger partial charge on any atom is -0.349 e. The zero-order chi connectivity index (χ0) is 24.7. The maximum Gasteiger partial charge on any atom is 0.289 e. The summed E-state index contributed by atoms with van der Waals surface area (Å²) in [6.07, 6.45) is 4.89. The number of aromatic nitrogens is 1. The molecule has 0 aliphatic carbocycles. The largest absolute Gasteiger partial charge is 0.349 e.